The molecule has 87 heavy (non-hydrogen) atoms. The van der Waals surface area contributed by atoms with E-state index in [9.17, 15) is 63.3 Å². The number of para-hydroxylation sites is 1. The molecule has 0 saturated carbocycles. The van der Waals surface area contributed by atoms with Gasteiger partial charge in [-0.25, -0.2) is 9.59 Å². The van der Waals surface area contributed by atoms with Crippen LogP contribution in [0.15, 0.2) is 54.6 Å². The quantitative estimate of drug-likeness (QED) is 0.0277. The van der Waals surface area contributed by atoms with Crippen LogP contribution in [0.4, 0.5) is 21.0 Å². The lowest BCUT2D eigenvalue weighted by molar-refractivity contribution is -0.254. The Balaban J connectivity index is 0.871. The maximum atomic E-state index is 14.8. The molecule has 3 aromatic carbocycles. The number of hydrogen-bond donors (Lipinski definition) is 9. The number of nitrogens with zero attached hydrogens (tertiary/aromatic N) is 2. The second-order valence-corrected chi connectivity index (χ2v) is 22.5. The number of nitrogens with one attached hydrogen (secondary N) is 5. The van der Waals surface area contributed by atoms with Gasteiger partial charge >= 0.3 is 12.1 Å². The number of rotatable bonds is 24. The van der Waals surface area contributed by atoms with Gasteiger partial charge in [-0.3, -0.25) is 53.5 Å². The van der Waals surface area contributed by atoms with Crippen molar-refractivity contribution in [1.82, 2.24) is 25.8 Å². The number of morpholine rings is 1. The average molecular weight is 1210 g/mol. The number of imide groups is 1. The molecule has 0 spiro atoms. The van der Waals surface area contributed by atoms with Gasteiger partial charge in [0.15, 0.2) is 36.2 Å². The summed E-state index contributed by atoms with van der Waals surface area (Å²) in [5, 5.41) is 47.5. The fourth-order valence-corrected chi connectivity index (χ4v) is 12.1. The number of hydrogen-bond acceptors (Lipinski definition) is 20. The number of aliphatic hydroxyl groups is 1. The van der Waals surface area contributed by atoms with Gasteiger partial charge in [0.2, 0.25) is 17.7 Å². The molecule has 4 aliphatic heterocycles. The molecule has 0 bridgehead atoms. The normalized spacial score (nSPS) is 23.6. The molecule has 27 nitrogen and oxygen atoms in total. The number of methoxy groups -OCH3 is 1. The second kappa shape index (κ2) is 27.7. The number of carbonyl (C=O) groups excluding carboxylic acids is 10. The molecule has 10 atom stereocenters. The Morgan fingerprint density at radius 1 is 0.828 bits per heavy atom. The van der Waals surface area contributed by atoms with E-state index in [2.05, 4.69) is 31.5 Å². The number of phenolic OH excluding ortho intramolecular Hbond substituents is 2. The lowest BCUT2D eigenvalue weighted by Gasteiger charge is -2.42. The molecule has 0 aromatic heterocycles. The van der Waals surface area contributed by atoms with E-state index >= 15 is 0 Å². The summed E-state index contributed by atoms with van der Waals surface area (Å²) in [5.41, 5.74) is 3.76. The van der Waals surface area contributed by atoms with Crippen molar-refractivity contribution in [3.8, 4) is 11.5 Å². The fraction of sp³-hybridized carbons (Fsp3) is 0.500. The van der Waals surface area contributed by atoms with E-state index in [1.165, 1.54) is 43.5 Å². The number of anilines is 2. The Morgan fingerprint density at radius 2 is 1.56 bits per heavy atom. The van der Waals surface area contributed by atoms with E-state index in [1.54, 1.807) is 32.0 Å². The Bertz CT molecular complexity index is 3220. The summed E-state index contributed by atoms with van der Waals surface area (Å²) in [4.78, 5) is 136. The van der Waals surface area contributed by atoms with Crippen molar-refractivity contribution in [2.75, 3.05) is 50.6 Å². The van der Waals surface area contributed by atoms with E-state index in [1.807, 2.05) is 6.92 Å². The minimum atomic E-state index is -1.23. The average Bonchev–Trinajstić information content (AvgIpc) is 1.29. The summed E-state index contributed by atoms with van der Waals surface area (Å²) in [6, 6.07) is 6.99. The first-order chi connectivity index (χ1) is 41.7. The number of phenols is 2. The SMILES string of the molecule is CO[C@H]1OCCN2[C@@H]1O[C@@H]1[C@H](C)OC(O[C@H]3C[C@H](C(=O)CO)Cc4c(O)c5c(c(O)c43)C(=O)c3c(NC(=O)OCc4ccccc4NC(=O)[C@H](CCCNC(N)=O)NC(=O)[C@@H](NC(=O)CCCCCN4C(=O)C=CC4=O)C(C)C)cccc3C5=O)C[C@@H]12. The largest absolute Gasteiger partial charge is 0.507 e. The molecule has 3 aromatic rings. The maximum Gasteiger partial charge on any atom is 0.411 e. The van der Waals surface area contributed by atoms with E-state index in [0.29, 0.717) is 32.4 Å². The van der Waals surface area contributed by atoms with Gasteiger partial charge in [-0.1, -0.05) is 50.6 Å². The van der Waals surface area contributed by atoms with Gasteiger partial charge in [0, 0.05) is 91.6 Å². The van der Waals surface area contributed by atoms with Crippen LogP contribution in [-0.4, -0.2) is 173 Å². The summed E-state index contributed by atoms with van der Waals surface area (Å²) >= 11 is 0. The summed E-state index contributed by atoms with van der Waals surface area (Å²) in [6.07, 6.45) is -1.33. The minimum Gasteiger partial charge on any atom is -0.507 e. The Kier molecular flexibility index (Phi) is 20.1. The number of primary amides is 1. The van der Waals surface area contributed by atoms with Crippen LogP contribution < -0.4 is 32.3 Å². The molecule has 10 N–H and O–H groups in total. The number of amides is 8. The number of carbonyl (C=O) groups is 10. The van der Waals surface area contributed by atoms with Gasteiger partial charge in [-0.05, 0) is 63.5 Å². The van der Waals surface area contributed by atoms with Crippen LogP contribution in [0.3, 0.4) is 0 Å². The molecule has 0 radical (unpaired) electrons. The number of unbranched alkanes of at least 4 members (excludes halogenated alkanes) is 2. The van der Waals surface area contributed by atoms with Gasteiger partial charge < -0.3 is 70.7 Å². The Hall–Kier alpha value is -8.18. The fourth-order valence-electron chi connectivity index (χ4n) is 12.1. The second-order valence-electron chi connectivity index (χ2n) is 22.5. The molecule has 466 valence electrons. The van der Waals surface area contributed by atoms with E-state index in [0.717, 1.165) is 4.90 Å². The van der Waals surface area contributed by atoms with Crippen LogP contribution in [0.5, 0.6) is 11.5 Å². The van der Waals surface area contributed by atoms with Gasteiger partial charge in [-0.2, -0.15) is 0 Å². The number of aliphatic hydroxyl groups excluding tert-OH is 1. The number of ether oxygens (including phenoxy) is 6. The lowest BCUT2D eigenvalue weighted by atomic mass is 9.73. The Labute approximate surface area is 499 Å². The molecular weight excluding hydrogens is 1140 g/mol. The maximum absolute atomic E-state index is 14.8. The zero-order valence-electron chi connectivity index (χ0n) is 48.5. The van der Waals surface area contributed by atoms with Crippen LogP contribution in [0.1, 0.15) is 127 Å². The van der Waals surface area contributed by atoms with Gasteiger partial charge in [0.25, 0.3) is 11.8 Å². The van der Waals surface area contributed by atoms with Crippen LogP contribution in [0, 0.1) is 11.8 Å². The smallest absolute Gasteiger partial charge is 0.411 e. The van der Waals surface area contributed by atoms with Crippen molar-refractivity contribution in [2.45, 2.75) is 140 Å². The molecule has 2 aliphatic carbocycles. The molecule has 27 heteroatoms. The number of aromatic hydroxyl groups is 2. The number of fused-ring (bicyclic) bond motifs is 6. The first-order valence-corrected chi connectivity index (χ1v) is 29.0. The molecule has 3 saturated heterocycles. The predicted molar refractivity (Wildman–Crippen MR) is 304 cm³/mol. The molecule has 6 aliphatic rings. The highest BCUT2D eigenvalue weighted by atomic mass is 16.7. The number of Topliss-reactive ketones (excluding diaryl/α,β-unsaturated/α-hetero) is 1. The number of urea groups is 1. The van der Waals surface area contributed by atoms with Crippen LogP contribution in [0.25, 0.3) is 0 Å². The standard InChI is InChI=1S/C60H72N8O19/c1-29(2)49(66-41(71)17-6-5-9-21-68-42(72)18-19-43(68)73)56(79)64-37(16-11-20-62-59(61)80)55(78)63-35-14-8-7-12-31(35)28-84-60(81)65-36-15-10-13-33-45(36)52(76)48-47(50(33)74)51(75)34-24-32(39(70)27-69)25-40(46(34)53(48)77)86-44-26-38-54(30(3)85-44)87-57-58(82-4)83-23-22-67(38)57/h7-8,10,12-15,18-19,29-30,32,37-38,40,44,49,54,57-58,69,75,77H,5-6,9,11,16-17,20-28H2,1-4H3,(H,63,78)(H,64,79)(H,65,81)(H,66,71)(H3,61,62,80)/t30-,32+,37-,38-,40-,44?,49-,54+,57+,58-/m0/s1. The summed E-state index contributed by atoms with van der Waals surface area (Å²) in [7, 11) is 1.52. The van der Waals surface area contributed by atoms with Crippen LogP contribution in [0.2, 0.25) is 0 Å². The van der Waals surface area contributed by atoms with Crippen molar-refractivity contribution in [3.63, 3.8) is 0 Å². The molecule has 9 rings (SSSR count). The first kappa shape index (κ1) is 63.3. The lowest BCUT2D eigenvalue weighted by Crippen LogP contribution is -2.55. The molecular formula is C60H72N8O19. The first-order valence-electron chi connectivity index (χ1n) is 29.0. The van der Waals surface area contributed by atoms with E-state index < -0.39 is 150 Å². The number of ketones is 3. The van der Waals surface area contributed by atoms with Crippen molar-refractivity contribution in [1.29, 1.82) is 0 Å². The highest BCUT2D eigenvalue weighted by Gasteiger charge is 2.54. The van der Waals surface area contributed by atoms with E-state index in [4.69, 9.17) is 34.2 Å². The third-order valence-corrected chi connectivity index (χ3v) is 16.5. The zero-order chi connectivity index (χ0) is 62.4. The molecule has 4 heterocycles. The molecule has 3 fully saturated rings. The summed E-state index contributed by atoms with van der Waals surface area (Å²) in [5.74, 6) is -7.70. The zero-order valence-corrected chi connectivity index (χ0v) is 48.5. The van der Waals surface area contributed by atoms with Gasteiger partial charge in [0.1, 0.15) is 42.9 Å². The van der Waals surface area contributed by atoms with Crippen LogP contribution >= 0.6 is 0 Å². The van der Waals surface area contributed by atoms with Gasteiger partial charge in [-0.15, -0.1) is 0 Å². The minimum absolute atomic E-state index is 0.000702. The van der Waals surface area contributed by atoms with Gasteiger partial charge in [0.05, 0.1) is 41.2 Å². The molecule has 8 amide bonds. The molecule has 1 unspecified atom stereocenters. The topological polar surface area (TPSA) is 379 Å². The third kappa shape index (κ3) is 13.8. The highest BCUT2D eigenvalue weighted by Crippen LogP contribution is 2.52. The number of benzene rings is 3. The summed E-state index contributed by atoms with van der Waals surface area (Å²) < 4.78 is 36.2. The van der Waals surface area contributed by atoms with E-state index in [-0.39, 0.29) is 103 Å². The van der Waals surface area contributed by atoms with Crippen molar-refractivity contribution < 1.29 is 91.7 Å². The number of nitrogens with two attached hydrogens (primary N) is 1. The third-order valence-electron chi connectivity index (χ3n) is 16.5. The summed E-state index contributed by atoms with van der Waals surface area (Å²) in [6.45, 7) is 5.12. The van der Waals surface area contributed by atoms with Crippen molar-refractivity contribution >= 4 is 70.4 Å². The van der Waals surface area contributed by atoms with Crippen LogP contribution in [-0.2, 0) is 70.2 Å². The monoisotopic (exact) mass is 1210 g/mol. The predicted octanol–water partition coefficient (Wildman–Crippen LogP) is 2.83. The van der Waals surface area contributed by atoms with Crippen molar-refractivity contribution in [2.24, 2.45) is 17.6 Å². The van der Waals surface area contributed by atoms with Crippen molar-refractivity contribution in [3.05, 3.63) is 93.6 Å². The highest BCUT2D eigenvalue weighted by molar-refractivity contribution is 6.32. The Morgan fingerprint density at radius 3 is 2.29 bits per heavy atom.